The first-order chi connectivity index (χ1) is 12.3. The summed E-state index contributed by atoms with van der Waals surface area (Å²) in [6.45, 7) is 1.64. The molecule has 0 amide bonds. The number of sulfone groups is 1. The molecule has 2 atom stereocenters. The van der Waals surface area contributed by atoms with E-state index >= 15 is 0 Å². The minimum Gasteiger partial charge on any atom is -0.622 e. The van der Waals surface area contributed by atoms with Gasteiger partial charge in [-0.25, -0.2) is 18.1 Å². The van der Waals surface area contributed by atoms with Crippen molar-refractivity contribution < 1.29 is 17.9 Å². The van der Waals surface area contributed by atoms with Gasteiger partial charge >= 0.3 is 11.1 Å². The third kappa shape index (κ3) is 3.46. The van der Waals surface area contributed by atoms with Crippen molar-refractivity contribution in [2.75, 3.05) is 26.0 Å². The maximum atomic E-state index is 13.4. The van der Waals surface area contributed by atoms with Gasteiger partial charge in [0, 0.05) is 12.4 Å². The van der Waals surface area contributed by atoms with Gasteiger partial charge in [-0.1, -0.05) is 12.0 Å². The van der Waals surface area contributed by atoms with Crippen LogP contribution in [0.5, 0.6) is 0 Å². The lowest BCUT2D eigenvalue weighted by atomic mass is 10.3. The van der Waals surface area contributed by atoms with Crippen LogP contribution in [-0.2, 0) is 14.6 Å². The number of quaternary nitrogens is 1. The van der Waals surface area contributed by atoms with E-state index in [2.05, 4.69) is 15.2 Å². The second kappa shape index (κ2) is 6.96. The van der Waals surface area contributed by atoms with Crippen molar-refractivity contribution >= 4 is 32.3 Å². The van der Waals surface area contributed by atoms with Gasteiger partial charge in [0.15, 0.2) is 0 Å². The zero-order valence-electron chi connectivity index (χ0n) is 14.1. The average Bonchev–Trinajstić information content (AvgIpc) is 3.22. The Morgan fingerprint density at radius 1 is 1.50 bits per heavy atom. The van der Waals surface area contributed by atoms with Crippen molar-refractivity contribution in [3.05, 3.63) is 35.3 Å². The summed E-state index contributed by atoms with van der Waals surface area (Å²) < 4.78 is 28.0. The molecular formula is C14H17N5O5S2. The lowest BCUT2D eigenvalue weighted by Crippen LogP contribution is -2.50. The lowest BCUT2D eigenvalue weighted by molar-refractivity contribution is 0.00555. The van der Waals surface area contributed by atoms with E-state index < -0.39 is 26.7 Å². The van der Waals surface area contributed by atoms with Gasteiger partial charge in [0.05, 0.1) is 17.9 Å². The Bertz CT molecular complexity index is 903. The van der Waals surface area contributed by atoms with Crippen LogP contribution in [-0.4, -0.2) is 66.7 Å². The number of ether oxygens (including phenoxy) is 1. The highest BCUT2D eigenvalue weighted by Crippen LogP contribution is 2.35. The standard InChI is InChI=1S/C14H17N5O5S2/c1-3-26(22,23)14-17-16-13(25-14)19(21)9-18(2)8-11(19)24-12(20)10-5-4-6-15-7-10/h4-7,11H,3,8-9H2,1-2H3. The Hall–Kier alpha value is -1.99. The molecule has 0 bridgehead atoms. The molecule has 0 spiro atoms. The molecule has 0 radical (unpaired) electrons. The number of carbonyl (C=O) groups excluding carboxylic acids is 1. The molecule has 3 rings (SSSR count). The van der Waals surface area contributed by atoms with Crippen LogP contribution in [0.4, 0.5) is 5.13 Å². The maximum Gasteiger partial charge on any atom is 0.344 e. The molecule has 10 nitrogen and oxygen atoms in total. The molecule has 2 unspecified atom stereocenters. The largest absolute Gasteiger partial charge is 0.622 e. The van der Waals surface area contributed by atoms with Crippen LogP contribution in [0.2, 0.25) is 0 Å². The Balaban J connectivity index is 1.88. The van der Waals surface area contributed by atoms with Crippen molar-refractivity contribution in [1.82, 2.24) is 24.7 Å². The maximum absolute atomic E-state index is 13.4. The van der Waals surface area contributed by atoms with E-state index in [4.69, 9.17) is 4.74 Å². The SMILES string of the molecule is CCS(=O)(=O)c1nnc([N+]2([O-])CN(C)CC2OC(=O)c2cccnc2)s1. The third-order valence-electron chi connectivity index (χ3n) is 3.89. The summed E-state index contributed by atoms with van der Waals surface area (Å²) in [6, 6.07) is 3.12. The van der Waals surface area contributed by atoms with Crippen LogP contribution in [0, 0.1) is 5.21 Å². The molecular weight excluding hydrogens is 382 g/mol. The van der Waals surface area contributed by atoms with Crippen molar-refractivity contribution in [2.45, 2.75) is 17.5 Å². The summed E-state index contributed by atoms with van der Waals surface area (Å²) in [6.07, 6.45) is 1.78. The molecule has 26 heavy (non-hydrogen) atoms. The molecule has 0 aromatic carbocycles. The van der Waals surface area contributed by atoms with E-state index in [0.717, 1.165) is 0 Å². The van der Waals surface area contributed by atoms with Crippen LogP contribution in [0.1, 0.15) is 17.3 Å². The lowest BCUT2D eigenvalue weighted by Gasteiger charge is -2.38. The van der Waals surface area contributed by atoms with E-state index in [-0.39, 0.29) is 34.0 Å². The van der Waals surface area contributed by atoms with Crippen LogP contribution in [0.15, 0.2) is 28.9 Å². The van der Waals surface area contributed by atoms with Gasteiger partial charge in [-0.2, -0.15) is 0 Å². The van der Waals surface area contributed by atoms with Crippen LogP contribution in [0.25, 0.3) is 0 Å². The number of hydroxylamine groups is 2. The zero-order valence-corrected chi connectivity index (χ0v) is 15.7. The van der Waals surface area contributed by atoms with Crippen molar-refractivity contribution in [3.8, 4) is 0 Å². The second-order valence-corrected chi connectivity index (χ2v) is 9.24. The number of pyridine rings is 1. The van der Waals surface area contributed by atoms with E-state index in [1.54, 1.807) is 18.0 Å². The summed E-state index contributed by atoms with van der Waals surface area (Å²) in [4.78, 5) is 17.8. The minimum absolute atomic E-state index is 0.0359. The predicted molar refractivity (Wildman–Crippen MR) is 93.7 cm³/mol. The van der Waals surface area contributed by atoms with Crippen molar-refractivity contribution in [1.29, 1.82) is 0 Å². The molecule has 1 aliphatic heterocycles. The number of likely N-dealkylation sites (N-methyl/N-ethyl adjacent to an activating group) is 1. The predicted octanol–water partition coefficient (Wildman–Crippen LogP) is 0.618. The highest BCUT2D eigenvalue weighted by Gasteiger charge is 2.46. The van der Waals surface area contributed by atoms with Gasteiger partial charge in [0.1, 0.15) is 6.67 Å². The van der Waals surface area contributed by atoms with E-state index in [1.807, 2.05) is 0 Å². The van der Waals surface area contributed by atoms with Crippen LogP contribution >= 0.6 is 11.3 Å². The van der Waals surface area contributed by atoms with Crippen LogP contribution in [0.3, 0.4) is 0 Å². The number of esters is 1. The molecule has 0 saturated carbocycles. The van der Waals surface area contributed by atoms with E-state index in [0.29, 0.717) is 11.3 Å². The minimum atomic E-state index is -3.56. The third-order valence-corrected chi connectivity index (χ3v) is 7.11. The molecule has 140 valence electrons. The van der Waals surface area contributed by atoms with Gasteiger partial charge in [0.2, 0.25) is 14.2 Å². The number of hydrogen-bond donors (Lipinski definition) is 0. The summed E-state index contributed by atoms with van der Waals surface area (Å²) >= 11 is 0.708. The number of nitrogens with zero attached hydrogens (tertiary/aromatic N) is 5. The normalized spacial score (nSPS) is 23.9. The summed E-state index contributed by atoms with van der Waals surface area (Å²) in [5.41, 5.74) is 0.222. The van der Waals surface area contributed by atoms with Gasteiger partial charge in [0.25, 0.3) is 6.23 Å². The quantitative estimate of drug-likeness (QED) is 0.404. The van der Waals surface area contributed by atoms with Crippen molar-refractivity contribution in [3.63, 3.8) is 0 Å². The fourth-order valence-corrected chi connectivity index (χ4v) is 4.64. The first-order valence-electron chi connectivity index (χ1n) is 7.71. The zero-order chi connectivity index (χ0) is 18.9. The molecule has 2 aromatic heterocycles. The number of hydrogen-bond acceptors (Lipinski definition) is 10. The Morgan fingerprint density at radius 2 is 2.27 bits per heavy atom. The fourth-order valence-electron chi connectivity index (χ4n) is 2.49. The first-order valence-corrected chi connectivity index (χ1v) is 10.2. The summed E-state index contributed by atoms with van der Waals surface area (Å²) in [7, 11) is -1.86. The topological polar surface area (TPSA) is 125 Å². The molecule has 1 saturated heterocycles. The number of carbonyl (C=O) groups is 1. The Kier molecular flexibility index (Phi) is 5.03. The highest BCUT2D eigenvalue weighted by molar-refractivity contribution is 7.93. The fraction of sp³-hybridized carbons (Fsp3) is 0.429. The smallest absolute Gasteiger partial charge is 0.344 e. The van der Waals surface area contributed by atoms with Gasteiger partial charge in [-0.05, 0) is 30.5 Å². The number of aromatic nitrogens is 3. The van der Waals surface area contributed by atoms with Gasteiger partial charge in [-0.3, -0.25) is 9.63 Å². The van der Waals surface area contributed by atoms with E-state index in [9.17, 15) is 18.4 Å². The van der Waals surface area contributed by atoms with Gasteiger partial charge < -0.3 is 9.94 Å². The summed E-state index contributed by atoms with van der Waals surface area (Å²) in [5.74, 6) is -0.817. The highest BCUT2D eigenvalue weighted by atomic mass is 32.2. The molecule has 0 N–H and O–H groups in total. The molecule has 1 fully saturated rings. The van der Waals surface area contributed by atoms with Crippen molar-refractivity contribution in [2.24, 2.45) is 0 Å². The van der Waals surface area contributed by atoms with Gasteiger partial charge in [-0.15, -0.1) is 5.10 Å². The first kappa shape index (κ1) is 18.8. The second-order valence-electron chi connectivity index (χ2n) is 5.83. The summed E-state index contributed by atoms with van der Waals surface area (Å²) in [5, 5.41) is 20.7. The molecule has 0 aliphatic carbocycles. The monoisotopic (exact) mass is 399 g/mol. The number of rotatable bonds is 5. The average molecular weight is 399 g/mol. The Labute approximate surface area is 154 Å². The molecule has 1 aliphatic rings. The Morgan fingerprint density at radius 3 is 2.92 bits per heavy atom. The molecule has 3 heterocycles. The van der Waals surface area contributed by atoms with E-state index in [1.165, 1.54) is 25.4 Å². The molecule has 12 heteroatoms. The van der Waals surface area contributed by atoms with Crippen LogP contribution < -0.4 is 4.65 Å². The molecule has 2 aromatic rings.